The lowest BCUT2D eigenvalue weighted by atomic mass is 10.0. The molecule has 0 aromatic heterocycles. The minimum atomic E-state index is -0.417. The molecule has 3 N–H and O–H groups in total. The zero-order valence-corrected chi connectivity index (χ0v) is 11.1. The summed E-state index contributed by atoms with van der Waals surface area (Å²) in [5.74, 6) is -0.0955. The molecule has 17 heavy (non-hydrogen) atoms. The van der Waals surface area contributed by atoms with Crippen molar-refractivity contribution in [3.63, 3.8) is 0 Å². The van der Waals surface area contributed by atoms with Crippen LogP contribution in [0.15, 0.2) is 12.1 Å². The van der Waals surface area contributed by atoms with E-state index < -0.39 is 6.04 Å². The Hall–Kier alpha value is -1.35. The van der Waals surface area contributed by atoms with Gasteiger partial charge in [0.25, 0.3) is 0 Å². The molecule has 1 atom stereocenters. The van der Waals surface area contributed by atoms with Gasteiger partial charge in [-0.1, -0.05) is 31.0 Å². The van der Waals surface area contributed by atoms with Crippen LogP contribution in [0.5, 0.6) is 0 Å². The van der Waals surface area contributed by atoms with Crippen molar-refractivity contribution in [2.24, 2.45) is 5.73 Å². The Morgan fingerprint density at radius 2 is 1.82 bits per heavy atom. The number of amides is 1. The first-order valence-electron chi connectivity index (χ1n) is 6.10. The highest BCUT2D eigenvalue weighted by Gasteiger charge is 2.14. The van der Waals surface area contributed by atoms with Gasteiger partial charge in [-0.05, 0) is 38.3 Å². The summed E-state index contributed by atoms with van der Waals surface area (Å²) < 4.78 is 0. The standard InChI is InChI=1S/C14H22N2O/c1-5-6-12(15)14(17)16-13-10(3)7-9(2)8-11(13)4/h7-8,12H,5-6,15H2,1-4H3,(H,16,17). The Bertz CT molecular complexity index is 390. The van der Waals surface area contributed by atoms with Gasteiger partial charge in [0.15, 0.2) is 0 Å². The molecule has 0 heterocycles. The lowest BCUT2D eigenvalue weighted by molar-refractivity contribution is -0.117. The lowest BCUT2D eigenvalue weighted by Gasteiger charge is -2.15. The molecule has 0 bridgehead atoms. The van der Waals surface area contributed by atoms with Crippen LogP contribution in [0.3, 0.4) is 0 Å². The van der Waals surface area contributed by atoms with E-state index in [1.54, 1.807) is 0 Å². The van der Waals surface area contributed by atoms with Gasteiger partial charge in [0, 0.05) is 5.69 Å². The van der Waals surface area contributed by atoms with Crippen molar-refractivity contribution >= 4 is 11.6 Å². The van der Waals surface area contributed by atoms with Crippen molar-refractivity contribution in [1.29, 1.82) is 0 Å². The fourth-order valence-electron chi connectivity index (χ4n) is 2.04. The Balaban J connectivity index is 2.85. The Morgan fingerprint density at radius 1 is 1.29 bits per heavy atom. The molecule has 0 aliphatic rings. The number of hydrogen-bond acceptors (Lipinski definition) is 2. The summed E-state index contributed by atoms with van der Waals surface area (Å²) in [5, 5.41) is 2.93. The summed E-state index contributed by atoms with van der Waals surface area (Å²) in [4.78, 5) is 11.9. The fraction of sp³-hybridized carbons (Fsp3) is 0.500. The number of carbonyl (C=O) groups excluding carboxylic acids is 1. The molecule has 1 aromatic carbocycles. The normalized spacial score (nSPS) is 12.3. The molecule has 0 aliphatic carbocycles. The second-order valence-electron chi connectivity index (χ2n) is 4.66. The molecule has 0 fully saturated rings. The third kappa shape index (κ3) is 3.56. The molecular formula is C14H22N2O. The van der Waals surface area contributed by atoms with E-state index in [0.29, 0.717) is 0 Å². The third-order valence-electron chi connectivity index (χ3n) is 2.86. The number of benzene rings is 1. The highest BCUT2D eigenvalue weighted by Crippen LogP contribution is 2.22. The van der Waals surface area contributed by atoms with Gasteiger partial charge in [-0.25, -0.2) is 0 Å². The number of aryl methyl sites for hydroxylation is 3. The number of carbonyl (C=O) groups is 1. The molecule has 1 amide bonds. The van der Waals surface area contributed by atoms with Gasteiger partial charge in [0.2, 0.25) is 5.91 Å². The number of nitrogens with one attached hydrogen (secondary N) is 1. The topological polar surface area (TPSA) is 55.1 Å². The van der Waals surface area contributed by atoms with Crippen LogP contribution in [0.2, 0.25) is 0 Å². The van der Waals surface area contributed by atoms with Crippen LogP contribution in [0.4, 0.5) is 5.69 Å². The molecule has 0 aliphatic heterocycles. The van der Waals surface area contributed by atoms with Gasteiger partial charge in [-0.3, -0.25) is 4.79 Å². The molecule has 1 unspecified atom stereocenters. The minimum absolute atomic E-state index is 0.0955. The van der Waals surface area contributed by atoms with Gasteiger partial charge in [0.05, 0.1) is 6.04 Å². The molecule has 1 aromatic rings. The molecule has 94 valence electrons. The van der Waals surface area contributed by atoms with Crippen LogP contribution in [0.1, 0.15) is 36.5 Å². The predicted molar refractivity (Wildman–Crippen MR) is 72.2 cm³/mol. The maximum atomic E-state index is 11.9. The van der Waals surface area contributed by atoms with Crippen LogP contribution >= 0.6 is 0 Å². The van der Waals surface area contributed by atoms with E-state index in [0.717, 1.165) is 29.7 Å². The highest BCUT2D eigenvalue weighted by molar-refractivity contribution is 5.96. The molecule has 0 saturated carbocycles. The van der Waals surface area contributed by atoms with Crippen LogP contribution in [-0.4, -0.2) is 11.9 Å². The summed E-state index contributed by atoms with van der Waals surface area (Å²) in [6.45, 7) is 8.08. The van der Waals surface area contributed by atoms with Crippen molar-refractivity contribution < 1.29 is 4.79 Å². The smallest absolute Gasteiger partial charge is 0.241 e. The summed E-state index contributed by atoms with van der Waals surface area (Å²) in [7, 11) is 0. The molecule has 0 saturated heterocycles. The summed E-state index contributed by atoms with van der Waals surface area (Å²) in [6, 6.07) is 3.71. The van der Waals surface area contributed by atoms with Gasteiger partial charge in [-0.15, -0.1) is 0 Å². The van der Waals surface area contributed by atoms with Crippen LogP contribution in [0, 0.1) is 20.8 Å². The molecule has 0 spiro atoms. The summed E-state index contributed by atoms with van der Waals surface area (Å²) in [5.41, 5.74) is 10.1. The number of rotatable bonds is 4. The minimum Gasteiger partial charge on any atom is -0.324 e. The Labute approximate surface area is 103 Å². The Kier molecular flexibility index (Phi) is 4.70. The van der Waals surface area contributed by atoms with Gasteiger partial charge < -0.3 is 11.1 Å². The second kappa shape index (κ2) is 5.82. The largest absolute Gasteiger partial charge is 0.324 e. The van der Waals surface area contributed by atoms with Gasteiger partial charge >= 0.3 is 0 Å². The van der Waals surface area contributed by atoms with Crippen LogP contribution < -0.4 is 11.1 Å². The molecule has 1 rings (SSSR count). The van der Waals surface area contributed by atoms with Crippen molar-refractivity contribution in [2.45, 2.75) is 46.6 Å². The quantitative estimate of drug-likeness (QED) is 0.841. The second-order valence-corrected chi connectivity index (χ2v) is 4.66. The van der Waals surface area contributed by atoms with Crippen molar-refractivity contribution in [2.75, 3.05) is 5.32 Å². The van der Waals surface area contributed by atoms with Crippen molar-refractivity contribution in [3.05, 3.63) is 28.8 Å². The zero-order valence-electron chi connectivity index (χ0n) is 11.1. The molecule has 3 nitrogen and oxygen atoms in total. The molecular weight excluding hydrogens is 212 g/mol. The monoisotopic (exact) mass is 234 g/mol. The first-order chi connectivity index (χ1) is 7.95. The average Bonchev–Trinajstić information content (AvgIpc) is 2.23. The van der Waals surface area contributed by atoms with E-state index in [9.17, 15) is 4.79 Å². The number of anilines is 1. The fourth-order valence-corrected chi connectivity index (χ4v) is 2.04. The van der Waals surface area contributed by atoms with E-state index in [-0.39, 0.29) is 5.91 Å². The van der Waals surface area contributed by atoms with Crippen LogP contribution in [0.25, 0.3) is 0 Å². The first kappa shape index (κ1) is 13.7. The van der Waals surface area contributed by atoms with E-state index in [1.165, 1.54) is 5.56 Å². The van der Waals surface area contributed by atoms with E-state index in [1.807, 2.05) is 20.8 Å². The molecule has 0 radical (unpaired) electrons. The summed E-state index contributed by atoms with van der Waals surface area (Å²) >= 11 is 0. The van der Waals surface area contributed by atoms with Crippen molar-refractivity contribution in [1.82, 2.24) is 0 Å². The SMILES string of the molecule is CCCC(N)C(=O)Nc1c(C)cc(C)cc1C. The first-order valence-corrected chi connectivity index (χ1v) is 6.10. The lowest BCUT2D eigenvalue weighted by Crippen LogP contribution is -2.35. The van der Waals surface area contributed by atoms with Crippen LogP contribution in [-0.2, 0) is 4.79 Å². The van der Waals surface area contributed by atoms with E-state index in [2.05, 4.69) is 24.4 Å². The average molecular weight is 234 g/mol. The van der Waals surface area contributed by atoms with E-state index >= 15 is 0 Å². The Morgan fingerprint density at radius 3 is 2.29 bits per heavy atom. The summed E-state index contributed by atoms with van der Waals surface area (Å²) in [6.07, 6.45) is 1.64. The third-order valence-corrected chi connectivity index (χ3v) is 2.86. The van der Waals surface area contributed by atoms with Gasteiger partial charge in [-0.2, -0.15) is 0 Å². The maximum Gasteiger partial charge on any atom is 0.241 e. The van der Waals surface area contributed by atoms with Gasteiger partial charge in [0.1, 0.15) is 0 Å². The number of hydrogen-bond donors (Lipinski definition) is 2. The predicted octanol–water partition coefficient (Wildman–Crippen LogP) is 2.68. The van der Waals surface area contributed by atoms with Crippen molar-refractivity contribution in [3.8, 4) is 0 Å². The highest BCUT2D eigenvalue weighted by atomic mass is 16.2. The number of nitrogens with two attached hydrogens (primary N) is 1. The molecule has 3 heteroatoms. The maximum absolute atomic E-state index is 11.9. The zero-order chi connectivity index (χ0) is 13.0. The van der Waals surface area contributed by atoms with E-state index in [4.69, 9.17) is 5.73 Å².